The van der Waals surface area contributed by atoms with Crippen LogP contribution in [0.25, 0.3) is 11.0 Å². The normalized spacial score (nSPS) is 11.4. The molecule has 0 spiro atoms. The number of fused-ring (bicyclic) bond motifs is 1. The minimum Gasteiger partial charge on any atom is -0.453 e. The number of furan rings is 1. The molecule has 4 nitrogen and oxygen atoms in total. The maximum atomic E-state index is 12.6. The first-order chi connectivity index (χ1) is 9.58. The summed E-state index contributed by atoms with van der Waals surface area (Å²) in [6, 6.07) is 9.27. The summed E-state index contributed by atoms with van der Waals surface area (Å²) in [5, 5.41) is 5.37. The van der Waals surface area contributed by atoms with Gasteiger partial charge in [0.25, 0.3) is 0 Å². The van der Waals surface area contributed by atoms with Gasteiger partial charge < -0.3 is 4.42 Å². The molecule has 2 heterocycles. The second-order valence-electron chi connectivity index (χ2n) is 4.86. The molecule has 3 rings (SSSR count). The summed E-state index contributed by atoms with van der Waals surface area (Å²) in [7, 11) is 0. The molecule has 0 fully saturated rings. The lowest BCUT2D eigenvalue weighted by Crippen LogP contribution is -2.13. The van der Waals surface area contributed by atoms with Gasteiger partial charge in [0, 0.05) is 11.4 Å². The Morgan fingerprint density at radius 1 is 1.35 bits per heavy atom. The summed E-state index contributed by atoms with van der Waals surface area (Å²) in [6.07, 6.45) is 1.48. The number of aromatic nitrogens is 2. The van der Waals surface area contributed by atoms with Crippen LogP contribution in [-0.4, -0.2) is 15.6 Å². The van der Waals surface area contributed by atoms with Crippen molar-refractivity contribution in [3.8, 4) is 0 Å². The van der Waals surface area contributed by atoms with Crippen LogP contribution < -0.4 is 0 Å². The van der Waals surface area contributed by atoms with Crippen molar-refractivity contribution in [2.24, 2.45) is 0 Å². The van der Waals surface area contributed by atoms with Crippen LogP contribution >= 0.6 is 11.6 Å². The number of nitrogens with zero attached hydrogens (tertiary/aromatic N) is 2. The summed E-state index contributed by atoms with van der Waals surface area (Å²) in [5.41, 5.74) is 1.04. The van der Waals surface area contributed by atoms with E-state index in [1.165, 1.54) is 6.20 Å². The fraction of sp³-hybridized carbons (Fsp3) is 0.200. The van der Waals surface area contributed by atoms with Crippen molar-refractivity contribution >= 4 is 28.4 Å². The van der Waals surface area contributed by atoms with Gasteiger partial charge >= 0.3 is 0 Å². The first-order valence-corrected chi connectivity index (χ1v) is 6.72. The molecule has 0 atom stereocenters. The highest BCUT2D eigenvalue weighted by molar-refractivity contribution is 6.34. The van der Waals surface area contributed by atoms with Crippen molar-refractivity contribution < 1.29 is 9.21 Å². The van der Waals surface area contributed by atoms with E-state index in [0.717, 1.165) is 5.39 Å². The minimum atomic E-state index is -0.252. The number of carbonyl (C=O) groups excluding carboxylic acids is 1. The van der Waals surface area contributed by atoms with Crippen LogP contribution in [0.5, 0.6) is 0 Å². The molecule has 102 valence electrons. The Morgan fingerprint density at radius 3 is 2.80 bits per heavy atom. The predicted molar refractivity (Wildman–Crippen MR) is 77.3 cm³/mol. The lowest BCUT2D eigenvalue weighted by atomic mass is 10.2. The molecule has 0 aliphatic heterocycles. The SMILES string of the molecule is CC(C)n1ncc(Cl)c1C(=O)c1cc2ccccc2o1. The molecule has 20 heavy (non-hydrogen) atoms. The van der Waals surface area contributed by atoms with Gasteiger partial charge in [-0.3, -0.25) is 9.48 Å². The predicted octanol–water partition coefficient (Wildman–Crippen LogP) is 4.09. The van der Waals surface area contributed by atoms with Gasteiger partial charge in [0.15, 0.2) is 5.76 Å². The van der Waals surface area contributed by atoms with E-state index >= 15 is 0 Å². The van der Waals surface area contributed by atoms with E-state index in [1.807, 2.05) is 38.1 Å². The summed E-state index contributed by atoms with van der Waals surface area (Å²) < 4.78 is 7.20. The highest BCUT2D eigenvalue weighted by Gasteiger charge is 2.23. The molecule has 0 N–H and O–H groups in total. The summed E-state index contributed by atoms with van der Waals surface area (Å²) in [4.78, 5) is 12.6. The lowest BCUT2D eigenvalue weighted by Gasteiger charge is -2.09. The molecule has 3 aromatic rings. The molecule has 2 aromatic heterocycles. The van der Waals surface area contributed by atoms with Gasteiger partial charge in [0.2, 0.25) is 5.78 Å². The number of para-hydroxylation sites is 1. The van der Waals surface area contributed by atoms with E-state index in [2.05, 4.69) is 5.10 Å². The number of hydrogen-bond donors (Lipinski definition) is 0. The average molecular weight is 289 g/mol. The van der Waals surface area contributed by atoms with Gasteiger partial charge in [-0.25, -0.2) is 0 Å². The highest BCUT2D eigenvalue weighted by Crippen LogP contribution is 2.25. The van der Waals surface area contributed by atoms with Crippen molar-refractivity contribution in [2.45, 2.75) is 19.9 Å². The van der Waals surface area contributed by atoms with E-state index in [9.17, 15) is 4.79 Å². The van der Waals surface area contributed by atoms with Crippen LogP contribution in [0.1, 0.15) is 36.1 Å². The van der Waals surface area contributed by atoms with Crippen molar-refractivity contribution in [1.29, 1.82) is 0 Å². The molecule has 0 saturated carbocycles. The number of rotatable bonds is 3. The fourth-order valence-corrected chi connectivity index (χ4v) is 2.37. The highest BCUT2D eigenvalue weighted by atomic mass is 35.5. The number of ketones is 1. The Bertz CT molecular complexity index is 753. The molecule has 1 aromatic carbocycles. The topological polar surface area (TPSA) is 48.0 Å². The third-order valence-electron chi connectivity index (χ3n) is 3.10. The maximum absolute atomic E-state index is 12.6. The van der Waals surface area contributed by atoms with E-state index in [-0.39, 0.29) is 17.6 Å². The second-order valence-corrected chi connectivity index (χ2v) is 5.26. The standard InChI is InChI=1S/C15H13ClN2O2/c1-9(2)18-14(11(16)8-17-18)15(19)13-7-10-5-3-4-6-12(10)20-13/h3-9H,1-2H3. The Balaban J connectivity index is 2.10. The molecule has 0 aliphatic carbocycles. The van der Waals surface area contributed by atoms with Gasteiger partial charge in [-0.05, 0) is 26.0 Å². The Kier molecular flexibility index (Phi) is 3.10. The quantitative estimate of drug-likeness (QED) is 0.682. The monoisotopic (exact) mass is 288 g/mol. The minimum absolute atomic E-state index is 0.0471. The molecular weight excluding hydrogens is 276 g/mol. The number of hydrogen-bond acceptors (Lipinski definition) is 3. The molecular formula is C15H13ClN2O2. The first kappa shape index (κ1) is 12.9. The number of benzene rings is 1. The summed E-state index contributed by atoms with van der Waals surface area (Å²) in [6.45, 7) is 3.89. The zero-order valence-corrected chi connectivity index (χ0v) is 11.9. The van der Waals surface area contributed by atoms with Crippen molar-refractivity contribution in [1.82, 2.24) is 9.78 Å². The van der Waals surface area contributed by atoms with Gasteiger partial charge in [-0.1, -0.05) is 29.8 Å². The molecule has 0 radical (unpaired) electrons. The zero-order chi connectivity index (χ0) is 14.3. The van der Waals surface area contributed by atoms with Crippen LogP contribution in [0.3, 0.4) is 0 Å². The van der Waals surface area contributed by atoms with Crippen LogP contribution in [0.2, 0.25) is 5.02 Å². The van der Waals surface area contributed by atoms with Gasteiger partial charge in [0.1, 0.15) is 11.3 Å². The fourth-order valence-electron chi connectivity index (χ4n) is 2.16. The van der Waals surface area contributed by atoms with Crippen LogP contribution in [0.15, 0.2) is 40.9 Å². The summed E-state index contributed by atoms with van der Waals surface area (Å²) in [5.74, 6) is 0.0212. The van der Waals surface area contributed by atoms with Crippen LogP contribution in [0.4, 0.5) is 0 Å². The van der Waals surface area contributed by atoms with Crippen molar-refractivity contribution in [3.05, 3.63) is 53.0 Å². The third kappa shape index (κ3) is 2.02. The molecule has 0 bridgehead atoms. The van der Waals surface area contributed by atoms with Gasteiger partial charge in [-0.15, -0.1) is 0 Å². The maximum Gasteiger partial charge on any atom is 0.247 e. The molecule has 0 saturated heterocycles. The number of carbonyl (C=O) groups is 1. The van der Waals surface area contributed by atoms with E-state index in [1.54, 1.807) is 10.7 Å². The lowest BCUT2D eigenvalue weighted by molar-refractivity contribution is 0.0999. The molecule has 5 heteroatoms. The van der Waals surface area contributed by atoms with Crippen molar-refractivity contribution in [3.63, 3.8) is 0 Å². The van der Waals surface area contributed by atoms with Crippen molar-refractivity contribution in [2.75, 3.05) is 0 Å². The van der Waals surface area contributed by atoms with Gasteiger partial charge in [0.05, 0.1) is 11.2 Å². The Morgan fingerprint density at radius 2 is 2.10 bits per heavy atom. The molecule has 0 amide bonds. The van der Waals surface area contributed by atoms with E-state index in [0.29, 0.717) is 16.3 Å². The smallest absolute Gasteiger partial charge is 0.247 e. The zero-order valence-electron chi connectivity index (χ0n) is 11.1. The molecule has 0 aliphatic rings. The average Bonchev–Trinajstić information content (AvgIpc) is 3.01. The Hall–Kier alpha value is -2.07. The third-order valence-corrected chi connectivity index (χ3v) is 3.38. The van der Waals surface area contributed by atoms with Crippen LogP contribution in [0, 0.1) is 0 Å². The van der Waals surface area contributed by atoms with Crippen LogP contribution in [-0.2, 0) is 0 Å². The molecule has 0 unspecified atom stereocenters. The second kappa shape index (κ2) is 4.80. The van der Waals surface area contributed by atoms with E-state index in [4.69, 9.17) is 16.0 Å². The largest absolute Gasteiger partial charge is 0.453 e. The number of halogens is 1. The Labute approximate surface area is 120 Å². The van der Waals surface area contributed by atoms with Gasteiger partial charge in [-0.2, -0.15) is 5.10 Å². The summed E-state index contributed by atoms with van der Waals surface area (Å²) >= 11 is 6.09. The van der Waals surface area contributed by atoms with E-state index < -0.39 is 0 Å². The first-order valence-electron chi connectivity index (χ1n) is 6.34.